The smallest absolute Gasteiger partial charge is 0.121 e. The van der Waals surface area contributed by atoms with Crippen LogP contribution < -0.4 is 0 Å². The maximum absolute atomic E-state index is 6.09. The molecule has 24 rings (SSSR count). The van der Waals surface area contributed by atoms with E-state index in [-0.39, 0.29) is 80.4 Å². The maximum Gasteiger partial charge on any atom is 0.121 e. The second-order valence-electron chi connectivity index (χ2n) is 32.5. The summed E-state index contributed by atoms with van der Waals surface area (Å²) in [6.45, 7) is 20.6. The fourth-order valence-corrected chi connectivity index (χ4v) is 15.4. The van der Waals surface area contributed by atoms with Crippen LogP contribution in [0.5, 0.6) is 0 Å². The van der Waals surface area contributed by atoms with Crippen molar-refractivity contribution < 1.29 is 98.1 Å². The van der Waals surface area contributed by atoms with E-state index in [1.54, 1.807) is 37.2 Å². The minimum atomic E-state index is 0. The van der Waals surface area contributed by atoms with Crippen molar-refractivity contribution in [2.45, 2.75) is 69.2 Å². The fraction of sp³-hybridized carbons (Fsp3) is 0.0820. The Bertz CT molecular complexity index is 7730. The normalized spacial score (nSPS) is 10.4. The first-order valence-corrected chi connectivity index (χ1v) is 44.2. The second-order valence-corrected chi connectivity index (χ2v) is 32.5. The molecule has 0 fully saturated rings. The molecule has 4 radical (unpaired) electrons. The minimum absolute atomic E-state index is 0. The molecule has 138 heavy (non-hydrogen) atoms. The molecule has 0 saturated carbocycles. The standard InChI is InChI=1S/2C19H14NO.2C18H12NO.4C12H10N.4Ir/c1-12-6-7-14-15-4-3-5-16(19(15)21-18(14)11-12)17-10-13(2)8-9-20-17;1-12-7-10-16(20-11-12)14-9-8-13(2)18-15-5-3-4-6-17(15)21-19(14)18;1-12-9-10-13(15-7-4-5-11-19-15)18-17(12)14-6-2-3-8-16(14)20-18;1-12-10-14-13-6-2-3-8-17(13)20-18(14)15(11-12)16-7-4-5-9-19-16;4*1-10-5-7-11(8-6-10)12-4-2-3-9-13-12;;;;/h3-4,6-11H,1-2H3;3-8,10-11H,1-2H3;2-9,11H,1H3;2-10H,1H3;4*2-7,9H,1H3;;;;/q8*-1;;;;. The molecule has 16 heteroatoms. The molecule has 0 unspecified atom stereocenters. The predicted octanol–water partition coefficient (Wildman–Crippen LogP) is 31.1. The zero-order valence-corrected chi connectivity index (χ0v) is 86.9. The number of nitrogens with zero attached hydrogens (tertiary/aromatic N) is 8. The van der Waals surface area contributed by atoms with Gasteiger partial charge < -0.3 is 57.5 Å². The van der Waals surface area contributed by atoms with E-state index in [0.29, 0.717) is 0 Å². The topological polar surface area (TPSA) is 156 Å². The summed E-state index contributed by atoms with van der Waals surface area (Å²) in [5, 5.41) is 9.11. The maximum atomic E-state index is 6.09. The molecule has 24 aromatic rings. The zero-order valence-electron chi connectivity index (χ0n) is 77.3. The molecule has 0 saturated heterocycles. The molecule has 0 bridgehead atoms. The number of benzene rings is 12. The zero-order chi connectivity index (χ0) is 92.2. The van der Waals surface area contributed by atoms with Gasteiger partial charge in [0, 0.05) is 152 Å². The summed E-state index contributed by atoms with van der Waals surface area (Å²) in [5.74, 6) is 0. The monoisotopic (exact) mass is 2500 g/mol. The Morgan fingerprint density at radius 1 is 0.210 bits per heavy atom. The quantitative estimate of drug-likeness (QED) is 0.133. The predicted molar refractivity (Wildman–Crippen MR) is 545 cm³/mol. The summed E-state index contributed by atoms with van der Waals surface area (Å²) in [6, 6.07) is 135. The SMILES string of the molecule is Cc1[c-]c(-c2ccccn2)c2oc3ccccc3c2c1.Cc1c[c-]c(-c2ccccn2)c2oc3ccccc3c12.Cc1c[c-]c(-c2ccccn2)cc1.Cc1c[c-]c(-c2ccccn2)cc1.Cc1c[c-]c(-c2ccccn2)cc1.Cc1c[c-]c(-c2ccccn2)cc1.Cc1ccc(-c2[c-]cc(C)c3c2oc2ccccc23)nc1.Cc1ccnc(-c2[c-]ccc3c2oc2cc(C)ccc23)c1.[Ir].[Ir].[Ir].[Ir]. The van der Waals surface area contributed by atoms with Crippen molar-refractivity contribution in [2.24, 2.45) is 0 Å². The van der Waals surface area contributed by atoms with Crippen molar-refractivity contribution in [1.82, 2.24) is 39.9 Å². The van der Waals surface area contributed by atoms with E-state index in [4.69, 9.17) is 17.7 Å². The molecule has 0 aliphatic carbocycles. The second kappa shape index (κ2) is 48.4. The van der Waals surface area contributed by atoms with Gasteiger partial charge in [0.15, 0.2) is 0 Å². The molecule has 12 aromatic carbocycles. The van der Waals surface area contributed by atoms with Gasteiger partial charge in [0.1, 0.15) is 22.3 Å². The van der Waals surface area contributed by atoms with E-state index in [1.165, 1.54) is 44.5 Å². The average molecular weight is 2500 g/mol. The van der Waals surface area contributed by atoms with Crippen molar-refractivity contribution in [1.29, 1.82) is 0 Å². The number of para-hydroxylation sites is 3. The third kappa shape index (κ3) is 24.7. The van der Waals surface area contributed by atoms with Gasteiger partial charge >= 0.3 is 0 Å². The van der Waals surface area contributed by atoms with Crippen LogP contribution in [0.4, 0.5) is 0 Å². The minimum Gasteiger partial charge on any atom is -0.501 e. The number of aryl methyl sites for hydroxylation is 10. The van der Waals surface area contributed by atoms with E-state index in [2.05, 4.69) is 229 Å². The van der Waals surface area contributed by atoms with Crippen molar-refractivity contribution in [3.05, 3.63) is 481 Å². The van der Waals surface area contributed by atoms with E-state index in [1.807, 2.05) is 269 Å². The summed E-state index contributed by atoms with van der Waals surface area (Å²) in [5.41, 5.74) is 34.3. The molecule has 0 atom stereocenters. The number of aromatic nitrogens is 8. The Morgan fingerprint density at radius 2 is 0.551 bits per heavy atom. The van der Waals surface area contributed by atoms with Crippen LogP contribution in [-0.2, 0) is 80.4 Å². The van der Waals surface area contributed by atoms with Gasteiger partial charge in [-0.05, 0) is 144 Å². The molecular weight excluding hydrogens is 2410 g/mol. The van der Waals surface area contributed by atoms with Crippen LogP contribution in [-0.4, -0.2) is 39.9 Å². The summed E-state index contributed by atoms with van der Waals surface area (Å²) in [7, 11) is 0. The van der Waals surface area contributed by atoms with E-state index in [9.17, 15) is 0 Å². The van der Waals surface area contributed by atoms with Gasteiger partial charge in [-0.1, -0.05) is 256 Å². The Labute approximate surface area is 858 Å². The van der Waals surface area contributed by atoms with Crippen LogP contribution >= 0.6 is 0 Å². The molecule has 12 nitrogen and oxygen atoms in total. The van der Waals surface area contributed by atoms with Gasteiger partial charge in [-0.25, -0.2) is 0 Å². The Morgan fingerprint density at radius 3 is 0.957 bits per heavy atom. The fourth-order valence-electron chi connectivity index (χ4n) is 15.4. The Hall–Kier alpha value is -14.4. The molecule has 0 N–H and O–H groups in total. The van der Waals surface area contributed by atoms with Crippen LogP contribution in [0.2, 0.25) is 0 Å². The molecule has 0 spiro atoms. The first-order valence-electron chi connectivity index (χ1n) is 44.2. The average Bonchev–Trinajstić information content (AvgIpc) is 1.62. The number of furan rings is 4. The van der Waals surface area contributed by atoms with E-state index in [0.717, 1.165) is 189 Å². The van der Waals surface area contributed by atoms with Crippen molar-refractivity contribution in [3.63, 3.8) is 0 Å². The first-order chi connectivity index (χ1) is 65.6. The molecule has 0 amide bonds. The number of rotatable bonds is 8. The van der Waals surface area contributed by atoms with E-state index < -0.39 is 0 Å². The van der Waals surface area contributed by atoms with Gasteiger partial charge in [0.2, 0.25) is 0 Å². The molecular formula is C122H92Ir4N8O4-8. The summed E-state index contributed by atoms with van der Waals surface area (Å²) in [6.07, 6.45) is 14.5. The van der Waals surface area contributed by atoms with Crippen LogP contribution in [0, 0.1) is 118 Å². The van der Waals surface area contributed by atoms with Gasteiger partial charge in [0.05, 0.1) is 22.3 Å². The third-order valence-corrected chi connectivity index (χ3v) is 22.2. The van der Waals surface area contributed by atoms with Crippen LogP contribution in [0.15, 0.2) is 395 Å². The van der Waals surface area contributed by atoms with Crippen molar-refractivity contribution >= 4 is 87.8 Å². The largest absolute Gasteiger partial charge is 0.501 e. The first kappa shape index (κ1) is 101. The Balaban J connectivity index is 0.000000134. The van der Waals surface area contributed by atoms with Gasteiger partial charge in [0.25, 0.3) is 0 Å². The summed E-state index contributed by atoms with van der Waals surface area (Å²) < 4.78 is 24.2. The molecule has 688 valence electrons. The summed E-state index contributed by atoms with van der Waals surface area (Å²) >= 11 is 0. The van der Waals surface area contributed by atoms with Gasteiger partial charge in [-0.2, -0.15) is 0 Å². The van der Waals surface area contributed by atoms with Gasteiger partial charge in [-0.15, -0.1) is 213 Å². The number of hydrogen-bond acceptors (Lipinski definition) is 12. The molecule has 0 aliphatic rings. The number of pyridine rings is 8. The molecule has 12 heterocycles. The summed E-state index contributed by atoms with van der Waals surface area (Å²) in [4.78, 5) is 34.8. The Kier molecular flexibility index (Phi) is 35.4. The van der Waals surface area contributed by atoms with Crippen molar-refractivity contribution in [2.75, 3.05) is 0 Å². The number of fused-ring (bicyclic) bond motifs is 12. The number of hydrogen-bond donors (Lipinski definition) is 0. The molecule has 0 aliphatic heterocycles. The van der Waals surface area contributed by atoms with Crippen LogP contribution in [0.1, 0.15) is 55.6 Å². The van der Waals surface area contributed by atoms with Crippen molar-refractivity contribution in [3.8, 4) is 90.1 Å². The van der Waals surface area contributed by atoms with Gasteiger partial charge in [-0.3, -0.25) is 0 Å². The molecule has 12 aromatic heterocycles. The van der Waals surface area contributed by atoms with E-state index >= 15 is 0 Å². The van der Waals surface area contributed by atoms with Crippen LogP contribution in [0.3, 0.4) is 0 Å². The van der Waals surface area contributed by atoms with Crippen LogP contribution in [0.25, 0.3) is 178 Å². The third-order valence-electron chi connectivity index (χ3n) is 22.2.